The van der Waals surface area contributed by atoms with Gasteiger partial charge in [-0.1, -0.05) is 17.8 Å². The van der Waals surface area contributed by atoms with E-state index >= 15 is 0 Å². The molecule has 1 aromatic heterocycles. The minimum atomic E-state index is -0.197. The molecule has 2 rings (SSSR count). The van der Waals surface area contributed by atoms with Gasteiger partial charge in [0.2, 0.25) is 0 Å². The second-order valence-electron chi connectivity index (χ2n) is 3.47. The Morgan fingerprint density at radius 2 is 2.47 bits per heavy atom. The van der Waals surface area contributed by atoms with Gasteiger partial charge in [0, 0.05) is 17.6 Å². The lowest BCUT2D eigenvalue weighted by Crippen LogP contribution is -2.27. The molecular formula is C8H13ClN4OS. The molecule has 5 nitrogen and oxygen atoms in total. The maximum Gasteiger partial charge on any atom is 0.275 e. The van der Waals surface area contributed by atoms with Crippen LogP contribution in [0.5, 0.6) is 0 Å². The van der Waals surface area contributed by atoms with Crippen LogP contribution in [0.25, 0.3) is 0 Å². The van der Waals surface area contributed by atoms with E-state index in [1.165, 1.54) is 0 Å². The molecule has 2 unspecified atom stereocenters. The predicted octanol–water partition coefficient (Wildman–Crippen LogP) is 1.07. The van der Waals surface area contributed by atoms with Crippen molar-refractivity contribution in [2.45, 2.75) is 25.8 Å². The highest BCUT2D eigenvalue weighted by Crippen LogP contribution is 2.33. The number of nitrogens with two attached hydrogens (primary N) is 1. The zero-order chi connectivity index (χ0) is 10.1. The SMILES string of the molecule is CCC1CC1NC(=O)c1nnsc1N.Cl. The van der Waals surface area contributed by atoms with Crippen LogP contribution in [0.1, 0.15) is 30.3 Å². The second-order valence-corrected chi connectivity index (χ2v) is 4.26. The lowest BCUT2D eigenvalue weighted by Gasteiger charge is -2.00. The number of nitrogens with one attached hydrogen (secondary N) is 1. The molecule has 2 atom stereocenters. The normalized spacial score (nSPS) is 23.0. The van der Waals surface area contributed by atoms with Gasteiger partial charge in [-0.05, 0) is 12.3 Å². The Morgan fingerprint density at radius 3 is 2.93 bits per heavy atom. The molecular weight excluding hydrogens is 236 g/mol. The molecule has 7 heteroatoms. The highest BCUT2D eigenvalue weighted by atomic mass is 35.5. The number of carbonyl (C=O) groups is 1. The van der Waals surface area contributed by atoms with E-state index in [9.17, 15) is 4.79 Å². The molecule has 0 aliphatic heterocycles. The number of nitrogen functional groups attached to an aromatic ring is 1. The Balaban J connectivity index is 0.00000112. The van der Waals surface area contributed by atoms with Gasteiger partial charge >= 0.3 is 0 Å². The Bertz CT molecular complexity index is 356. The van der Waals surface area contributed by atoms with Gasteiger partial charge in [0.15, 0.2) is 5.69 Å². The van der Waals surface area contributed by atoms with Crippen LogP contribution in [0.15, 0.2) is 0 Å². The molecule has 0 spiro atoms. The van der Waals surface area contributed by atoms with Crippen molar-refractivity contribution in [3.05, 3.63) is 5.69 Å². The fourth-order valence-electron chi connectivity index (χ4n) is 1.47. The molecule has 1 fully saturated rings. The number of hydrogen-bond acceptors (Lipinski definition) is 5. The smallest absolute Gasteiger partial charge is 0.275 e. The lowest BCUT2D eigenvalue weighted by molar-refractivity contribution is 0.0945. The summed E-state index contributed by atoms with van der Waals surface area (Å²) in [4.78, 5) is 11.6. The van der Waals surface area contributed by atoms with E-state index in [0.717, 1.165) is 24.4 Å². The van der Waals surface area contributed by atoms with Crippen LogP contribution >= 0.6 is 23.9 Å². The van der Waals surface area contributed by atoms with Crippen molar-refractivity contribution in [3.63, 3.8) is 0 Å². The third-order valence-corrected chi connectivity index (χ3v) is 3.05. The maximum absolute atomic E-state index is 11.6. The van der Waals surface area contributed by atoms with Gasteiger partial charge < -0.3 is 11.1 Å². The van der Waals surface area contributed by atoms with Gasteiger partial charge in [-0.3, -0.25) is 4.79 Å². The molecule has 1 amide bonds. The molecule has 0 aromatic carbocycles. The van der Waals surface area contributed by atoms with E-state index in [1.54, 1.807) is 0 Å². The summed E-state index contributed by atoms with van der Waals surface area (Å²) in [5.41, 5.74) is 5.80. The number of halogens is 1. The Morgan fingerprint density at radius 1 is 1.73 bits per heavy atom. The molecule has 0 bridgehead atoms. The molecule has 0 saturated heterocycles. The number of hydrogen-bond donors (Lipinski definition) is 2. The highest BCUT2D eigenvalue weighted by Gasteiger charge is 2.37. The summed E-state index contributed by atoms with van der Waals surface area (Å²) in [5.74, 6) is 0.434. The summed E-state index contributed by atoms with van der Waals surface area (Å²) in [6.45, 7) is 2.12. The van der Waals surface area contributed by atoms with E-state index in [2.05, 4.69) is 21.8 Å². The summed E-state index contributed by atoms with van der Waals surface area (Å²) in [6.07, 6.45) is 2.18. The Labute approximate surface area is 98.0 Å². The van der Waals surface area contributed by atoms with Crippen LogP contribution in [-0.2, 0) is 0 Å². The molecule has 15 heavy (non-hydrogen) atoms. The van der Waals surface area contributed by atoms with E-state index < -0.39 is 0 Å². The van der Waals surface area contributed by atoms with Crippen LogP contribution in [0.4, 0.5) is 5.00 Å². The first kappa shape index (κ1) is 12.2. The van der Waals surface area contributed by atoms with Gasteiger partial charge in [-0.15, -0.1) is 17.5 Å². The van der Waals surface area contributed by atoms with Gasteiger partial charge in [0.05, 0.1) is 0 Å². The number of aromatic nitrogens is 2. The van der Waals surface area contributed by atoms with E-state index in [-0.39, 0.29) is 24.0 Å². The van der Waals surface area contributed by atoms with Crippen molar-refractivity contribution >= 4 is 34.8 Å². The second kappa shape index (κ2) is 4.76. The zero-order valence-electron chi connectivity index (χ0n) is 8.27. The molecule has 3 N–H and O–H groups in total. The van der Waals surface area contributed by atoms with E-state index in [1.807, 2.05) is 0 Å². The predicted molar refractivity (Wildman–Crippen MR) is 61.2 cm³/mol. The summed E-state index contributed by atoms with van der Waals surface area (Å²) in [6, 6.07) is 0.314. The van der Waals surface area contributed by atoms with Crippen LogP contribution < -0.4 is 11.1 Å². The summed E-state index contributed by atoms with van der Waals surface area (Å²) < 4.78 is 3.62. The summed E-state index contributed by atoms with van der Waals surface area (Å²) in [7, 11) is 0. The number of anilines is 1. The maximum atomic E-state index is 11.6. The average Bonchev–Trinajstić information content (AvgIpc) is 2.77. The Hall–Kier alpha value is -0.880. The van der Waals surface area contributed by atoms with Crippen molar-refractivity contribution in [2.24, 2.45) is 5.92 Å². The lowest BCUT2D eigenvalue weighted by atomic mass is 10.3. The molecule has 1 aliphatic rings. The fraction of sp³-hybridized carbons (Fsp3) is 0.625. The quantitative estimate of drug-likeness (QED) is 0.839. The van der Waals surface area contributed by atoms with Crippen molar-refractivity contribution in [1.82, 2.24) is 14.9 Å². The average molecular weight is 249 g/mol. The van der Waals surface area contributed by atoms with Crippen LogP contribution in [0, 0.1) is 5.92 Å². The summed E-state index contributed by atoms with van der Waals surface area (Å²) >= 11 is 1.04. The number of carbonyl (C=O) groups excluding carboxylic acids is 1. The molecule has 1 heterocycles. The standard InChI is InChI=1S/C8H12N4OS.ClH/c1-2-4-3-5(4)10-8(13)6-7(9)14-12-11-6;/h4-5H,2-3,9H2,1H3,(H,10,13);1H. The van der Waals surface area contributed by atoms with Crippen molar-refractivity contribution in [3.8, 4) is 0 Å². The van der Waals surface area contributed by atoms with E-state index in [0.29, 0.717) is 17.0 Å². The minimum absolute atomic E-state index is 0. The van der Waals surface area contributed by atoms with Crippen molar-refractivity contribution in [2.75, 3.05) is 5.73 Å². The van der Waals surface area contributed by atoms with Crippen LogP contribution in [-0.4, -0.2) is 21.5 Å². The molecule has 1 aliphatic carbocycles. The van der Waals surface area contributed by atoms with Gasteiger partial charge in [0.25, 0.3) is 5.91 Å². The molecule has 1 aromatic rings. The number of rotatable bonds is 3. The first-order chi connectivity index (χ1) is 6.72. The molecule has 84 valence electrons. The monoisotopic (exact) mass is 248 g/mol. The first-order valence-electron chi connectivity index (χ1n) is 4.61. The third-order valence-electron chi connectivity index (χ3n) is 2.49. The van der Waals surface area contributed by atoms with E-state index in [4.69, 9.17) is 5.73 Å². The zero-order valence-corrected chi connectivity index (χ0v) is 9.90. The van der Waals surface area contributed by atoms with Crippen molar-refractivity contribution < 1.29 is 4.79 Å². The summed E-state index contributed by atoms with van der Waals surface area (Å²) in [5, 5.41) is 6.95. The van der Waals surface area contributed by atoms with Gasteiger partial charge in [-0.25, -0.2) is 0 Å². The largest absolute Gasteiger partial charge is 0.387 e. The fourth-order valence-corrected chi connectivity index (χ4v) is 1.90. The first-order valence-corrected chi connectivity index (χ1v) is 5.38. The van der Waals surface area contributed by atoms with Crippen LogP contribution in [0.2, 0.25) is 0 Å². The number of amides is 1. The minimum Gasteiger partial charge on any atom is -0.387 e. The Kier molecular flexibility index (Phi) is 3.87. The van der Waals surface area contributed by atoms with Gasteiger partial charge in [-0.2, -0.15) is 0 Å². The third kappa shape index (κ3) is 2.57. The van der Waals surface area contributed by atoms with Crippen LogP contribution in [0.3, 0.4) is 0 Å². The highest BCUT2D eigenvalue weighted by molar-refractivity contribution is 7.10. The molecule has 1 saturated carbocycles. The van der Waals surface area contributed by atoms with Gasteiger partial charge in [0.1, 0.15) is 5.00 Å². The number of nitrogens with zero attached hydrogens (tertiary/aromatic N) is 2. The topological polar surface area (TPSA) is 80.9 Å². The van der Waals surface area contributed by atoms with Crippen molar-refractivity contribution in [1.29, 1.82) is 0 Å². The molecule has 0 radical (unpaired) electrons.